The van der Waals surface area contributed by atoms with Gasteiger partial charge in [-0.25, -0.2) is 9.59 Å². The van der Waals surface area contributed by atoms with Crippen molar-refractivity contribution >= 4 is 38.8 Å². The van der Waals surface area contributed by atoms with E-state index in [1.165, 1.54) is 24.3 Å². The lowest BCUT2D eigenvalue weighted by atomic mass is 10.2. The first-order chi connectivity index (χ1) is 9.68. The van der Waals surface area contributed by atoms with Crippen LogP contribution < -0.4 is 10.4 Å². The average Bonchev–Trinajstić information content (AvgIpc) is 2.36. The number of hydrogen-bond donors (Lipinski definition) is 1. The van der Waals surface area contributed by atoms with Crippen molar-refractivity contribution in [2.75, 3.05) is 0 Å². The van der Waals surface area contributed by atoms with Gasteiger partial charge in [0.1, 0.15) is 21.2 Å². The highest BCUT2D eigenvalue weighted by molar-refractivity contribution is 9.10. The number of halogens is 1. The minimum atomic E-state index is -1.36. The van der Waals surface area contributed by atoms with Gasteiger partial charge in [0, 0.05) is 11.5 Å². The second-order valence-corrected chi connectivity index (χ2v) is 6.80. The third-order valence-corrected chi connectivity index (χ3v) is 2.96. The van der Waals surface area contributed by atoms with Crippen LogP contribution >= 0.6 is 15.9 Å². The number of rotatable bonds is 3. The lowest BCUT2D eigenvalue weighted by molar-refractivity contribution is -0.136. The van der Waals surface area contributed by atoms with E-state index in [4.69, 9.17) is 14.3 Å². The van der Waals surface area contributed by atoms with E-state index < -0.39 is 27.5 Å². The highest BCUT2D eigenvalue weighted by Crippen LogP contribution is 2.24. The Balaban J connectivity index is 2.44. The second-order valence-electron chi connectivity index (χ2n) is 4.81. The molecule has 1 aromatic heterocycles. The zero-order valence-electron chi connectivity index (χ0n) is 11.2. The number of alkyl halides is 1. The predicted octanol–water partition coefficient (Wildman–Crippen LogP) is 2.57. The highest BCUT2D eigenvalue weighted by atomic mass is 79.9. The number of carboxylic acid groups (broad SMARTS) is 1. The third-order valence-electron chi connectivity index (χ3n) is 2.63. The number of ether oxygens (including phenoxy) is 1. The van der Waals surface area contributed by atoms with Crippen LogP contribution in [0.25, 0.3) is 11.0 Å². The molecule has 0 fully saturated rings. The molecule has 0 aliphatic rings. The van der Waals surface area contributed by atoms with Crippen molar-refractivity contribution in [3.05, 3.63) is 40.2 Å². The van der Waals surface area contributed by atoms with Gasteiger partial charge in [0.05, 0.1) is 0 Å². The topological polar surface area (TPSA) is 93.8 Å². The maximum absolute atomic E-state index is 11.7. The van der Waals surface area contributed by atoms with Crippen LogP contribution in [0.1, 0.15) is 24.2 Å². The average molecular weight is 355 g/mol. The van der Waals surface area contributed by atoms with Crippen molar-refractivity contribution in [2.45, 2.75) is 18.2 Å². The number of aromatic carboxylic acids is 1. The van der Waals surface area contributed by atoms with Gasteiger partial charge in [0.2, 0.25) is 0 Å². The van der Waals surface area contributed by atoms with Crippen LogP contribution in [0.3, 0.4) is 0 Å². The molecular formula is C14H11BrO6. The fourth-order valence-electron chi connectivity index (χ4n) is 1.53. The van der Waals surface area contributed by atoms with Crippen LogP contribution in [0.4, 0.5) is 0 Å². The summed E-state index contributed by atoms with van der Waals surface area (Å²) >= 11 is 3.17. The maximum atomic E-state index is 11.7. The van der Waals surface area contributed by atoms with Crippen molar-refractivity contribution in [3.8, 4) is 5.75 Å². The van der Waals surface area contributed by atoms with E-state index in [9.17, 15) is 14.4 Å². The Kier molecular flexibility index (Phi) is 3.87. The van der Waals surface area contributed by atoms with Crippen LogP contribution in [0.5, 0.6) is 5.75 Å². The van der Waals surface area contributed by atoms with Gasteiger partial charge < -0.3 is 14.3 Å². The van der Waals surface area contributed by atoms with Crippen LogP contribution in [0.2, 0.25) is 0 Å². The van der Waals surface area contributed by atoms with Gasteiger partial charge in [-0.05, 0) is 32.0 Å². The molecule has 0 aliphatic heterocycles. The molecule has 0 atom stereocenters. The number of carbonyl (C=O) groups excluding carboxylic acids is 1. The minimum Gasteiger partial charge on any atom is -0.477 e. The highest BCUT2D eigenvalue weighted by Gasteiger charge is 2.26. The normalized spacial score (nSPS) is 11.4. The molecule has 0 bridgehead atoms. The van der Waals surface area contributed by atoms with Crippen LogP contribution in [0, 0.1) is 0 Å². The van der Waals surface area contributed by atoms with E-state index in [0.717, 1.165) is 0 Å². The lowest BCUT2D eigenvalue weighted by Crippen LogP contribution is -2.29. The van der Waals surface area contributed by atoms with Gasteiger partial charge in [-0.15, -0.1) is 0 Å². The van der Waals surface area contributed by atoms with E-state index in [-0.39, 0.29) is 11.3 Å². The third kappa shape index (κ3) is 3.30. The van der Waals surface area contributed by atoms with E-state index >= 15 is 0 Å². The number of carbonyl (C=O) groups is 2. The smallest absolute Gasteiger partial charge is 0.351 e. The van der Waals surface area contributed by atoms with Gasteiger partial charge in [-0.1, -0.05) is 15.9 Å². The van der Waals surface area contributed by atoms with E-state index in [2.05, 4.69) is 15.9 Å². The van der Waals surface area contributed by atoms with Crippen molar-refractivity contribution in [1.29, 1.82) is 0 Å². The number of esters is 1. The molecule has 1 N–H and O–H groups in total. The van der Waals surface area contributed by atoms with Gasteiger partial charge in [0.15, 0.2) is 0 Å². The summed E-state index contributed by atoms with van der Waals surface area (Å²) in [5, 5.41) is 9.27. The molecule has 7 heteroatoms. The van der Waals surface area contributed by atoms with Crippen LogP contribution in [0.15, 0.2) is 33.5 Å². The molecule has 0 saturated carbocycles. The molecule has 21 heavy (non-hydrogen) atoms. The molecule has 110 valence electrons. The molecule has 2 rings (SSSR count). The molecular weight excluding hydrogens is 344 g/mol. The van der Waals surface area contributed by atoms with E-state index in [1.54, 1.807) is 13.8 Å². The number of benzene rings is 1. The van der Waals surface area contributed by atoms with Crippen molar-refractivity contribution in [1.82, 2.24) is 0 Å². The summed E-state index contributed by atoms with van der Waals surface area (Å²) in [6, 6.07) is 5.57. The summed E-state index contributed by atoms with van der Waals surface area (Å²) in [4.78, 5) is 34.1. The molecule has 1 aromatic carbocycles. The Labute approximate surface area is 127 Å². The molecule has 0 unspecified atom stereocenters. The zero-order valence-corrected chi connectivity index (χ0v) is 12.8. The molecule has 0 radical (unpaired) electrons. The SMILES string of the molecule is CC(C)(Br)C(=O)Oc1ccc2cc(C(=O)O)c(=O)oc2c1. The van der Waals surface area contributed by atoms with Crippen molar-refractivity contribution in [3.63, 3.8) is 0 Å². The van der Waals surface area contributed by atoms with E-state index in [0.29, 0.717) is 5.39 Å². The molecule has 1 heterocycles. The van der Waals surface area contributed by atoms with Crippen LogP contribution in [-0.2, 0) is 4.79 Å². The van der Waals surface area contributed by atoms with Gasteiger partial charge in [0.25, 0.3) is 0 Å². The first-order valence-electron chi connectivity index (χ1n) is 5.91. The molecule has 0 spiro atoms. The number of hydrogen-bond acceptors (Lipinski definition) is 5. The van der Waals surface area contributed by atoms with Crippen molar-refractivity contribution in [2.24, 2.45) is 0 Å². The van der Waals surface area contributed by atoms with Gasteiger partial charge in [-0.2, -0.15) is 0 Å². The number of fused-ring (bicyclic) bond motifs is 1. The molecule has 2 aromatic rings. The Hall–Kier alpha value is -2.15. The summed E-state index contributed by atoms with van der Waals surface area (Å²) in [5.41, 5.74) is -1.27. The number of carboxylic acids is 1. The Morgan fingerprint density at radius 1 is 1.29 bits per heavy atom. The maximum Gasteiger partial charge on any atom is 0.351 e. The van der Waals surface area contributed by atoms with Gasteiger partial charge in [-0.3, -0.25) is 4.79 Å². The minimum absolute atomic E-state index is 0.141. The monoisotopic (exact) mass is 354 g/mol. The molecule has 6 nitrogen and oxygen atoms in total. The summed E-state index contributed by atoms with van der Waals surface area (Å²) in [5.74, 6) is -1.67. The fourth-order valence-corrected chi connectivity index (χ4v) is 1.61. The van der Waals surface area contributed by atoms with Gasteiger partial charge >= 0.3 is 17.6 Å². The molecule has 0 aliphatic carbocycles. The quantitative estimate of drug-likeness (QED) is 0.394. The lowest BCUT2D eigenvalue weighted by Gasteiger charge is -2.14. The Morgan fingerprint density at radius 2 is 1.95 bits per heavy atom. The first-order valence-corrected chi connectivity index (χ1v) is 6.70. The second kappa shape index (κ2) is 5.33. The van der Waals surface area contributed by atoms with Crippen molar-refractivity contribution < 1.29 is 23.8 Å². The zero-order chi connectivity index (χ0) is 15.8. The summed E-state index contributed by atoms with van der Waals surface area (Å²) in [7, 11) is 0. The predicted molar refractivity (Wildman–Crippen MR) is 78.1 cm³/mol. The Morgan fingerprint density at radius 3 is 2.52 bits per heavy atom. The first kappa shape index (κ1) is 15.2. The fraction of sp³-hybridized carbons (Fsp3) is 0.214. The molecule has 0 amide bonds. The summed E-state index contributed by atoms with van der Waals surface area (Å²) in [6.45, 7) is 3.27. The molecule has 0 saturated heterocycles. The standard InChI is InChI=1S/C14H11BrO6/c1-14(2,15)13(19)20-8-4-3-7-5-9(11(16)17)12(18)21-10(7)6-8/h3-6H,1-2H3,(H,16,17). The summed E-state index contributed by atoms with van der Waals surface area (Å²) in [6.07, 6.45) is 0. The Bertz CT molecular complexity index is 784. The summed E-state index contributed by atoms with van der Waals surface area (Å²) < 4.78 is 9.21. The van der Waals surface area contributed by atoms with Crippen LogP contribution in [-0.4, -0.2) is 21.4 Å². The largest absolute Gasteiger partial charge is 0.477 e. The van der Waals surface area contributed by atoms with E-state index in [1.807, 2.05) is 0 Å².